The lowest BCUT2D eigenvalue weighted by Crippen LogP contribution is -2.05. The summed E-state index contributed by atoms with van der Waals surface area (Å²) in [6.45, 7) is 1.94. The van der Waals surface area contributed by atoms with Crippen molar-refractivity contribution in [2.75, 3.05) is 6.61 Å². The Bertz CT molecular complexity index is 327. The van der Waals surface area contributed by atoms with Gasteiger partial charge in [0, 0.05) is 6.20 Å². The SMILES string of the molecule is CCOC(=O)c1cncc(O)c1Cl. The van der Waals surface area contributed by atoms with E-state index in [-0.39, 0.29) is 22.9 Å². The summed E-state index contributed by atoms with van der Waals surface area (Å²) < 4.78 is 4.69. The van der Waals surface area contributed by atoms with Crippen molar-refractivity contribution in [2.45, 2.75) is 6.92 Å². The van der Waals surface area contributed by atoms with Gasteiger partial charge in [-0.05, 0) is 6.92 Å². The van der Waals surface area contributed by atoms with Gasteiger partial charge in [-0.3, -0.25) is 4.98 Å². The van der Waals surface area contributed by atoms with Crippen molar-refractivity contribution < 1.29 is 14.6 Å². The molecule has 0 bridgehead atoms. The van der Waals surface area contributed by atoms with Gasteiger partial charge in [0.2, 0.25) is 0 Å². The van der Waals surface area contributed by atoms with Gasteiger partial charge in [0.15, 0.2) is 5.75 Å². The Morgan fingerprint density at radius 2 is 2.38 bits per heavy atom. The molecule has 70 valence electrons. The number of rotatable bonds is 2. The van der Waals surface area contributed by atoms with Crippen LogP contribution >= 0.6 is 11.6 Å². The maximum Gasteiger partial charge on any atom is 0.341 e. The quantitative estimate of drug-likeness (QED) is 0.739. The predicted molar refractivity (Wildman–Crippen MR) is 46.9 cm³/mol. The molecule has 0 aliphatic carbocycles. The van der Waals surface area contributed by atoms with Gasteiger partial charge in [-0.1, -0.05) is 11.6 Å². The lowest BCUT2D eigenvalue weighted by Gasteiger charge is -2.03. The molecule has 1 heterocycles. The van der Waals surface area contributed by atoms with E-state index in [4.69, 9.17) is 16.7 Å². The van der Waals surface area contributed by atoms with E-state index in [1.807, 2.05) is 0 Å². The first-order valence-corrected chi connectivity index (χ1v) is 4.04. The third-order valence-electron chi connectivity index (χ3n) is 1.36. The molecule has 1 rings (SSSR count). The summed E-state index contributed by atoms with van der Waals surface area (Å²) in [6, 6.07) is 0. The molecule has 0 radical (unpaired) electrons. The summed E-state index contributed by atoms with van der Waals surface area (Å²) >= 11 is 5.63. The summed E-state index contributed by atoms with van der Waals surface area (Å²) in [6.07, 6.45) is 2.41. The van der Waals surface area contributed by atoms with E-state index >= 15 is 0 Å². The topological polar surface area (TPSA) is 59.4 Å². The molecule has 0 fully saturated rings. The molecule has 1 N–H and O–H groups in total. The number of ether oxygens (including phenoxy) is 1. The zero-order valence-electron chi connectivity index (χ0n) is 6.95. The fraction of sp³-hybridized carbons (Fsp3) is 0.250. The zero-order chi connectivity index (χ0) is 9.84. The maximum atomic E-state index is 11.2. The molecule has 1 aromatic heterocycles. The number of halogens is 1. The van der Waals surface area contributed by atoms with Crippen LogP contribution in [-0.2, 0) is 4.74 Å². The molecule has 1 aromatic rings. The second kappa shape index (κ2) is 4.09. The number of carbonyl (C=O) groups is 1. The number of pyridine rings is 1. The molecule has 0 aliphatic heterocycles. The van der Waals surface area contributed by atoms with Crippen molar-refractivity contribution >= 4 is 17.6 Å². The number of esters is 1. The minimum atomic E-state index is -0.587. The van der Waals surface area contributed by atoms with Crippen molar-refractivity contribution in [2.24, 2.45) is 0 Å². The summed E-state index contributed by atoms with van der Waals surface area (Å²) in [5.41, 5.74) is 0.0727. The summed E-state index contributed by atoms with van der Waals surface area (Å²) in [5, 5.41) is 9.08. The van der Waals surface area contributed by atoms with Crippen LogP contribution in [0, 0.1) is 0 Å². The van der Waals surface area contributed by atoms with E-state index in [0.29, 0.717) is 0 Å². The van der Waals surface area contributed by atoms with Gasteiger partial charge < -0.3 is 9.84 Å². The molecule has 13 heavy (non-hydrogen) atoms. The molecule has 0 spiro atoms. The van der Waals surface area contributed by atoms with Gasteiger partial charge >= 0.3 is 5.97 Å². The first-order chi connectivity index (χ1) is 6.16. The third-order valence-corrected chi connectivity index (χ3v) is 1.75. The van der Waals surface area contributed by atoms with Crippen molar-refractivity contribution in [3.8, 4) is 5.75 Å². The first kappa shape index (κ1) is 9.80. The van der Waals surface area contributed by atoms with E-state index in [2.05, 4.69) is 9.72 Å². The highest BCUT2D eigenvalue weighted by molar-refractivity contribution is 6.34. The van der Waals surface area contributed by atoms with Gasteiger partial charge in [0.1, 0.15) is 10.6 Å². The number of hydrogen-bond acceptors (Lipinski definition) is 4. The summed E-state index contributed by atoms with van der Waals surface area (Å²) in [5.74, 6) is -0.817. The van der Waals surface area contributed by atoms with Gasteiger partial charge in [0.25, 0.3) is 0 Å². The fourth-order valence-electron chi connectivity index (χ4n) is 0.785. The Morgan fingerprint density at radius 3 is 3.00 bits per heavy atom. The molecular weight excluding hydrogens is 194 g/mol. The summed E-state index contributed by atoms with van der Waals surface area (Å²) in [7, 11) is 0. The van der Waals surface area contributed by atoms with Crippen LogP contribution in [0.3, 0.4) is 0 Å². The Labute approximate surface area is 80.1 Å². The zero-order valence-corrected chi connectivity index (χ0v) is 7.71. The minimum Gasteiger partial charge on any atom is -0.505 e. The molecule has 0 saturated heterocycles. The van der Waals surface area contributed by atoms with Crippen LogP contribution in [0.2, 0.25) is 5.02 Å². The monoisotopic (exact) mass is 201 g/mol. The highest BCUT2D eigenvalue weighted by Gasteiger charge is 2.14. The van der Waals surface area contributed by atoms with Crippen molar-refractivity contribution in [1.82, 2.24) is 4.98 Å². The van der Waals surface area contributed by atoms with E-state index < -0.39 is 5.97 Å². The van der Waals surface area contributed by atoms with Crippen LogP contribution in [-0.4, -0.2) is 22.7 Å². The normalized spacial score (nSPS) is 9.69. The van der Waals surface area contributed by atoms with Crippen LogP contribution in [0.25, 0.3) is 0 Å². The fourth-order valence-corrected chi connectivity index (χ4v) is 0.960. The summed E-state index contributed by atoms with van der Waals surface area (Å²) in [4.78, 5) is 14.8. The molecule has 0 amide bonds. The number of aromatic nitrogens is 1. The molecule has 0 saturated carbocycles. The van der Waals surface area contributed by atoms with Crippen molar-refractivity contribution in [1.29, 1.82) is 0 Å². The first-order valence-electron chi connectivity index (χ1n) is 3.66. The van der Waals surface area contributed by atoms with E-state index in [9.17, 15) is 4.79 Å². The molecular formula is C8H8ClNO3. The molecule has 0 aromatic carbocycles. The van der Waals surface area contributed by atoms with E-state index in [1.165, 1.54) is 6.20 Å². The number of nitrogens with zero attached hydrogens (tertiary/aromatic N) is 1. The van der Waals surface area contributed by atoms with Crippen LogP contribution in [0.4, 0.5) is 0 Å². The predicted octanol–water partition coefficient (Wildman–Crippen LogP) is 1.62. The highest BCUT2D eigenvalue weighted by Crippen LogP contribution is 2.25. The third kappa shape index (κ3) is 2.09. The lowest BCUT2D eigenvalue weighted by atomic mass is 10.3. The second-order valence-electron chi connectivity index (χ2n) is 2.24. The largest absolute Gasteiger partial charge is 0.505 e. The highest BCUT2D eigenvalue weighted by atomic mass is 35.5. The minimum absolute atomic E-state index is 0.0338. The Morgan fingerprint density at radius 1 is 1.69 bits per heavy atom. The maximum absolute atomic E-state index is 11.2. The van der Waals surface area contributed by atoms with E-state index in [0.717, 1.165) is 6.20 Å². The van der Waals surface area contributed by atoms with Gasteiger partial charge in [0.05, 0.1) is 12.8 Å². The van der Waals surface area contributed by atoms with E-state index in [1.54, 1.807) is 6.92 Å². The van der Waals surface area contributed by atoms with Crippen molar-refractivity contribution in [3.05, 3.63) is 23.0 Å². The lowest BCUT2D eigenvalue weighted by molar-refractivity contribution is 0.0525. The van der Waals surface area contributed by atoms with Crippen LogP contribution in [0.1, 0.15) is 17.3 Å². The second-order valence-corrected chi connectivity index (χ2v) is 2.62. The van der Waals surface area contributed by atoms with Crippen molar-refractivity contribution in [3.63, 3.8) is 0 Å². The molecule has 0 unspecified atom stereocenters. The number of hydrogen-bond donors (Lipinski definition) is 1. The Kier molecular flexibility index (Phi) is 3.08. The number of carbonyl (C=O) groups excluding carboxylic acids is 1. The van der Waals surface area contributed by atoms with Crippen LogP contribution in [0.5, 0.6) is 5.75 Å². The van der Waals surface area contributed by atoms with Gasteiger partial charge in [-0.25, -0.2) is 4.79 Å². The Hall–Kier alpha value is -1.29. The van der Waals surface area contributed by atoms with Crippen LogP contribution < -0.4 is 0 Å². The molecule has 5 heteroatoms. The Balaban J connectivity index is 3.01. The average Bonchev–Trinajstić information content (AvgIpc) is 2.10. The molecule has 0 aliphatic rings. The molecule has 0 atom stereocenters. The standard InChI is InChI=1S/C8H8ClNO3/c1-2-13-8(12)5-3-10-4-6(11)7(5)9/h3-4,11H,2H2,1H3. The van der Waals surface area contributed by atoms with Crippen LogP contribution in [0.15, 0.2) is 12.4 Å². The average molecular weight is 202 g/mol. The van der Waals surface area contributed by atoms with Gasteiger partial charge in [-0.2, -0.15) is 0 Å². The smallest absolute Gasteiger partial charge is 0.341 e. The van der Waals surface area contributed by atoms with Gasteiger partial charge in [-0.15, -0.1) is 0 Å². The molecule has 4 nitrogen and oxygen atoms in total. The number of aromatic hydroxyl groups is 1.